The third-order valence-corrected chi connectivity index (χ3v) is 1.78. The Morgan fingerprint density at radius 3 is 2.60 bits per heavy atom. The molecule has 0 atom stereocenters. The van der Waals surface area contributed by atoms with Crippen molar-refractivity contribution in [2.45, 2.75) is 5.03 Å². The summed E-state index contributed by atoms with van der Waals surface area (Å²) in [5.74, 6) is 0. The molecule has 5 heteroatoms. The molecular weight excluding hydrogens is 152 g/mol. The molecule has 4 nitrogen and oxygen atoms in total. The van der Waals surface area contributed by atoms with Gasteiger partial charge in [0.1, 0.15) is 6.33 Å². The van der Waals surface area contributed by atoms with E-state index in [1.165, 1.54) is 12.5 Å². The summed E-state index contributed by atoms with van der Waals surface area (Å²) in [6, 6.07) is 2.40. The summed E-state index contributed by atoms with van der Waals surface area (Å²) >= 11 is 0. The Hall–Kier alpha value is -0.970. The highest BCUT2D eigenvalue weighted by Gasteiger charge is 2.06. The lowest BCUT2D eigenvalue weighted by molar-refractivity contribution is 0.597. The highest BCUT2D eigenvalue weighted by molar-refractivity contribution is 7.90. The smallest absolute Gasteiger partial charge is 0.193 e. The summed E-state index contributed by atoms with van der Waals surface area (Å²) in [5.41, 5.74) is 0. The Morgan fingerprint density at radius 2 is 2.30 bits per heavy atom. The molecule has 0 saturated carbocycles. The van der Waals surface area contributed by atoms with Crippen molar-refractivity contribution in [2.75, 3.05) is 6.26 Å². The molecule has 0 aliphatic heterocycles. The minimum atomic E-state index is -3.21. The first-order valence-electron chi connectivity index (χ1n) is 2.48. The summed E-state index contributed by atoms with van der Waals surface area (Å²) in [6.07, 6.45) is 3.52. The van der Waals surface area contributed by atoms with Gasteiger partial charge in [-0.15, -0.1) is 0 Å². The number of hydrogen-bond acceptors (Lipinski definition) is 4. The average molecular weight is 157 g/mol. The lowest BCUT2D eigenvalue weighted by atomic mass is 10.7. The maximum atomic E-state index is 10.7. The molecule has 53 valence electrons. The summed E-state index contributed by atoms with van der Waals surface area (Å²) in [5, 5.41) is -0.0671. The maximum absolute atomic E-state index is 10.7. The Morgan fingerprint density at radius 1 is 1.60 bits per heavy atom. The van der Waals surface area contributed by atoms with Crippen molar-refractivity contribution in [3.8, 4) is 0 Å². The second-order valence-corrected chi connectivity index (χ2v) is 3.68. The number of hydrogen-bond donors (Lipinski definition) is 0. The van der Waals surface area contributed by atoms with E-state index in [4.69, 9.17) is 0 Å². The van der Waals surface area contributed by atoms with Crippen LogP contribution in [0.5, 0.6) is 0 Å². The van der Waals surface area contributed by atoms with Crippen molar-refractivity contribution in [3.63, 3.8) is 0 Å². The average Bonchev–Trinajstić information content (AvgIpc) is 1.88. The summed E-state index contributed by atoms with van der Waals surface area (Å²) < 4.78 is 21.4. The van der Waals surface area contributed by atoms with E-state index in [2.05, 4.69) is 16.0 Å². The van der Waals surface area contributed by atoms with Crippen LogP contribution in [-0.2, 0) is 9.84 Å². The van der Waals surface area contributed by atoms with Crippen LogP contribution >= 0.6 is 0 Å². The zero-order chi connectivity index (χ0) is 7.61. The fourth-order valence-electron chi connectivity index (χ4n) is 0.452. The van der Waals surface area contributed by atoms with Gasteiger partial charge in [0.2, 0.25) is 0 Å². The van der Waals surface area contributed by atoms with Gasteiger partial charge in [0, 0.05) is 18.5 Å². The molecule has 0 aliphatic carbocycles. The van der Waals surface area contributed by atoms with Gasteiger partial charge in [-0.2, -0.15) is 0 Å². The SMILES string of the molecule is CS(=O)(=O)c1[c]cncn1. The van der Waals surface area contributed by atoms with Gasteiger partial charge in [-0.25, -0.2) is 18.4 Å². The van der Waals surface area contributed by atoms with Crippen LogP contribution in [-0.4, -0.2) is 24.6 Å². The summed E-state index contributed by atoms with van der Waals surface area (Å²) in [7, 11) is -3.21. The first-order chi connectivity index (χ1) is 4.61. The van der Waals surface area contributed by atoms with Crippen molar-refractivity contribution in [3.05, 3.63) is 18.6 Å². The predicted molar refractivity (Wildman–Crippen MR) is 34.0 cm³/mol. The zero-order valence-corrected chi connectivity index (χ0v) is 6.09. The van der Waals surface area contributed by atoms with E-state index in [0.29, 0.717) is 0 Å². The number of nitrogens with zero attached hydrogens (tertiary/aromatic N) is 2. The van der Waals surface area contributed by atoms with E-state index in [1.54, 1.807) is 0 Å². The van der Waals surface area contributed by atoms with E-state index in [9.17, 15) is 8.42 Å². The first kappa shape index (κ1) is 7.14. The Balaban J connectivity index is 3.22. The molecule has 10 heavy (non-hydrogen) atoms. The molecule has 1 aromatic rings. The monoisotopic (exact) mass is 157 g/mol. The van der Waals surface area contributed by atoms with Gasteiger partial charge < -0.3 is 0 Å². The lowest BCUT2D eigenvalue weighted by Gasteiger charge is -1.91. The van der Waals surface area contributed by atoms with Gasteiger partial charge in [-0.05, 0) is 0 Å². The highest BCUT2D eigenvalue weighted by Crippen LogP contribution is 1.98. The standard InChI is InChI=1S/C5H5N2O2S/c1-10(8,9)5-2-3-6-4-7-5/h3-4H,1H3. The van der Waals surface area contributed by atoms with Crippen molar-refractivity contribution in [1.29, 1.82) is 0 Å². The molecule has 0 N–H and O–H groups in total. The fraction of sp³-hybridized carbons (Fsp3) is 0.200. The highest BCUT2D eigenvalue weighted by atomic mass is 32.2. The van der Waals surface area contributed by atoms with Crippen LogP contribution < -0.4 is 0 Å². The Bertz CT molecular complexity index is 306. The van der Waals surface area contributed by atoms with Crippen LogP contribution in [0.3, 0.4) is 0 Å². The minimum absolute atomic E-state index is 0.0671. The normalized spacial score (nSPS) is 11.3. The van der Waals surface area contributed by atoms with Crippen LogP contribution in [0.25, 0.3) is 0 Å². The molecule has 0 aromatic carbocycles. The van der Waals surface area contributed by atoms with Gasteiger partial charge >= 0.3 is 0 Å². The number of sulfone groups is 1. The molecule has 0 saturated heterocycles. The molecule has 0 spiro atoms. The summed E-state index contributed by atoms with van der Waals surface area (Å²) in [4.78, 5) is 7.02. The number of rotatable bonds is 1. The third kappa shape index (κ3) is 1.51. The molecule has 1 aromatic heterocycles. The first-order valence-corrected chi connectivity index (χ1v) is 4.37. The van der Waals surface area contributed by atoms with Crippen molar-refractivity contribution in [1.82, 2.24) is 9.97 Å². The Labute approximate surface area is 58.9 Å². The topological polar surface area (TPSA) is 59.9 Å². The van der Waals surface area contributed by atoms with Crippen molar-refractivity contribution >= 4 is 9.84 Å². The zero-order valence-electron chi connectivity index (χ0n) is 5.27. The summed E-state index contributed by atoms with van der Waals surface area (Å²) in [6.45, 7) is 0. The lowest BCUT2D eigenvalue weighted by Crippen LogP contribution is -1.99. The molecule has 0 bridgehead atoms. The third-order valence-electron chi connectivity index (χ3n) is 0.855. The van der Waals surface area contributed by atoms with Crippen molar-refractivity contribution in [2.24, 2.45) is 0 Å². The Kier molecular flexibility index (Phi) is 1.67. The predicted octanol–water partition coefficient (Wildman–Crippen LogP) is -0.320. The van der Waals surface area contributed by atoms with E-state index < -0.39 is 9.84 Å². The van der Waals surface area contributed by atoms with Crippen LogP contribution in [0.15, 0.2) is 17.6 Å². The van der Waals surface area contributed by atoms with Crippen LogP contribution in [0.1, 0.15) is 0 Å². The van der Waals surface area contributed by atoms with E-state index >= 15 is 0 Å². The molecule has 0 unspecified atom stereocenters. The van der Waals surface area contributed by atoms with Gasteiger partial charge in [0.15, 0.2) is 14.9 Å². The maximum Gasteiger partial charge on any atom is 0.193 e. The molecule has 1 rings (SSSR count). The van der Waals surface area contributed by atoms with E-state index in [-0.39, 0.29) is 5.03 Å². The van der Waals surface area contributed by atoms with E-state index in [0.717, 1.165) is 6.26 Å². The fourth-order valence-corrected chi connectivity index (χ4v) is 0.957. The van der Waals surface area contributed by atoms with Crippen LogP contribution in [0, 0.1) is 6.07 Å². The van der Waals surface area contributed by atoms with Gasteiger partial charge in [-0.3, -0.25) is 0 Å². The molecular formula is C5H5N2O2S. The second kappa shape index (κ2) is 2.34. The quantitative estimate of drug-likeness (QED) is 0.524. The van der Waals surface area contributed by atoms with Gasteiger partial charge in [0.25, 0.3) is 0 Å². The van der Waals surface area contributed by atoms with E-state index in [1.807, 2.05) is 0 Å². The molecule has 0 aliphatic rings. The number of aromatic nitrogens is 2. The van der Waals surface area contributed by atoms with Gasteiger partial charge in [-0.1, -0.05) is 0 Å². The van der Waals surface area contributed by atoms with Crippen molar-refractivity contribution < 1.29 is 8.42 Å². The molecule has 0 fully saturated rings. The molecule has 1 radical (unpaired) electrons. The second-order valence-electron chi connectivity index (χ2n) is 1.74. The van der Waals surface area contributed by atoms with Crippen LogP contribution in [0.4, 0.5) is 0 Å². The van der Waals surface area contributed by atoms with Gasteiger partial charge in [0.05, 0.1) is 0 Å². The minimum Gasteiger partial charge on any atom is -0.244 e. The molecule has 0 amide bonds. The molecule has 1 heterocycles. The van der Waals surface area contributed by atoms with Crippen LogP contribution in [0.2, 0.25) is 0 Å². The largest absolute Gasteiger partial charge is 0.244 e.